The smallest absolute Gasteiger partial charge is 0.410 e. The summed E-state index contributed by atoms with van der Waals surface area (Å²) in [5.74, 6) is -1.04. The number of ether oxygens (including phenoxy) is 2. The monoisotopic (exact) mass is 601 g/mol. The molecule has 11 nitrogen and oxygen atoms in total. The van der Waals surface area contributed by atoms with Gasteiger partial charge in [-0.2, -0.15) is 0 Å². The first-order valence-corrected chi connectivity index (χ1v) is 14.5. The van der Waals surface area contributed by atoms with Crippen molar-refractivity contribution in [1.29, 1.82) is 0 Å². The van der Waals surface area contributed by atoms with Gasteiger partial charge in [0, 0.05) is 51.7 Å². The lowest BCUT2D eigenvalue weighted by atomic mass is 10.0. The summed E-state index contributed by atoms with van der Waals surface area (Å²) in [7, 11) is 0. The molecule has 4 aliphatic heterocycles. The average Bonchev–Trinajstić information content (AvgIpc) is 3.23. The summed E-state index contributed by atoms with van der Waals surface area (Å²) in [6.07, 6.45) is 0.675. The van der Waals surface area contributed by atoms with Crippen molar-refractivity contribution in [2.24, 2.45) is 0 Å². The maximum Gasteiger partial charge on any atom is 0.410 e. The first-order chi connectivity index (χ1) is 19.9. The Kier molecular flexibility index (Phi) is 7.07. The van der Waals surface area contributed by atoms with Gasteiger partial charge in [-0.15, -0.1) is 0 Å². The van der Waals surface area contributed by atoms with Crippen LogP contribution in [0.5, 0.6) is 11.5 Å². The van der Waals surface area contributed by atoms with Crippen molar-refractivity contribution in [3.63, 3.8) is 0 Å². The number of nitrogens with zero attached hydrogens (tertiary/aromatic N) is 5. The van der Waals surface area contributed by atoms with Crippen molar-refractivity contribution in [3.05, 3.63) is 34.6 Å². The number of hydrogen-bond acceptors (Lipinski definition) is 8. The number of piperazine rings is 2. The van der Waals surface area contributed by atoms with Gasteiger partial charge in [-0.05, 0) is 39.3 Å². The quantitative estimate of drug-likeness (QED) is 0.556. The molecule has 2 aromatic rings. The molecule has 3 saturated heterocycles. The molecule has 0 bridgehead atoms. The molecule has 1 N–H and O–H groups in total. The predicted molar refractivity (Wildman–Crippen MR) is 151 cm³/mol. The molecule has 13 heteroatoms. The summed E-state index contributed by atoms with van der Waals surface area (Å²) in [4.78, 5) is 51.1. The van der Waals surface area contributed by atoms with Crippen LogP contribution >= 0.6 is 11.6 Å². The number of halogens is 2. The Balaban J connectivity index is 1.41. The largest absolute Gasteiger partial charge is 0.507 e. The summed E-state index contributed by atoms with van der Waals surface area (Å²) in [5.41, 5.74) is -0.772. The third-order valence-electron chi connectivity index (χ3n) is 8.13. The van der Waals surface area contributed by atoms with Crippen molar-refractivity contribution < 1.29 is 33.4 Å². The van der Waals surface area contributed by atoms with Gasteiger partial charge in [0.1, 0.15) is 45.9 Å². The van der Waals surface area contributed by atoms with Crippen LogP contribution in [-0.2, 0) is 9.53 Å². The van der Waals surface area contributed by atoms with Crippen molar-refractivity contribution >= 4 is 35.3 Å². The van der Waals surface area contributed by atoms with Crippen LogP contribution in [0.1, 0.15) is 44.0 Å². The second kappa shape index (κ2) is 10.5. The first kappa shape index (κ1) is 28.3. The van der Waals surface area contributed by atoms with Crippen LogP contribution in [0.2, 0.25) is 5.02 Å². The van der Waals surface area contributed by atoms with Gasteiger partial charge in [0.05, 0.1) is 11.6 Å². The van der Waals surface area contributed by atoms with Gasteiger partial charge in [0.15, 0.2) is 5.75 Å². The maximum atomic E-state index is 15.1. The van der Waals surface area contributed by atoms with Crippen LogP contribution in [0.4, 0.5) is 15.0 Å². The average molecular weight is 602 g/mol. The number of phenolic OH excluding ortho intramolecular Hbond substituents is 1. The highest BCUT2D eigenvalue weighted by Crippen LogP contribution is 2.46. The van der Waals surface area contributed by atoms with Crippen molar-refractivity contribution in [3.8, 4) is 22.8 Å². The molecule has 1 aromatic carbocycles. The normalized spacial score (nSPS) is 22.3. The van der Waals surface area contributed by atoms with E-state index in [2.05, 4.69) is 0 Å². The molecular formula is C29H33ClFN5O6. The Hall–Kier alpha value is -3.80. The van der Waals surface area contributed by atoms with E-state index in [1.165, 1.54) is 18.2 Å². The Morgan fingerprint density at radius 2 is 1.86 bits per heavy atom. The fourth-order valence-corrected chi connectivity index (χ4v) is 6.42. The molecular weight excluding hydrogens is 569 g/mol. The lowest BCUT2D eigenvalue weighted by Crippen LogP contribution is -2.58. The summed E-state index contributed by atoms with van der Waals surface area (Å²) in [6, 6.07) is 3.36. The van der Waals surface area contributed by atoms with Crippen LogP contribution in [0.15, 0.2) is 18.2 Å². The van der Waals surface area contributed by atoms with Crippen LogP contribution in [-0.4, -0.2) is 106 Å². The predicted octanol–water partition coefficient (Wildman–Crippen LogP) is 3.51. The van der Waals surface area contributed by atoms with Crippen LogP contribution < -0.4 is 9.64 Å². The minimum absolute atomic E-state index is 0.0226. The van der Waals surface area contributed by atoms with E-state index in [-0.39, 0.29) is 83.3 Å². The van der Waals surface area contributed by atoms with Crippen LogP contribution in [0, 0.1) is 5.82 Å². The van der Waals surface area contributed by atoms with Gasteiger partial charge in [-0.1, -0.05) is 17.7 Å². The molecule has 2 atom stereocenters. The number of carbonyl (C=O) groups excluding carboxylic acids is 3. The molecule has 0 spiro atoms. The number of aromatic nitrogens is 1. The molecule has 1 aromatic heterocycles. The van der Waals surface area contributed by atoms with E-state index in [0.717, 1.165) is 0 Å². The first-order valence-electron chi connectivity index (χ1n) is 14.1. The molecule has 4 aliphatic rings. The minimum Gasteiger partial charge on any atom is -0.507 e. The van der Waals surface area contributed by atoms with E-state index >= 15 is 4.39 Å². The minimum atomic E-state index is -0.730. The number of benzene rings is 1. The number of aromatic hydroxyl groups is 1. The third kappa shape index (κ3) is 4.95. The van der Waals surface area contributed by atoms with Gasteiger partial charge in [0.25, 0.3) is 5.91 Å². The lowest BCUT2D eigenvalue weighted by molar-refractivity contribution is -0.129. The van der Waals surface area contributed by atoms with Crippen molar-refractivity contribution in [2.45, 2.75) is 51.3 Å². The summed E-state index contributed by atoms with van der Waals surface area (Å²) >= 11 is 6.82. The molecule has 0 radical (unpaired) electrons. The molecule has 5 heterocycles. The second-order valence-electron chi connectivity index (χ2n) is 12.1. The number of pyridine rings is 1. The van der Waals surface area contributed by atoms with E-state index in [9.17, 15) is 19.5 Å². The molecule has 0 saturated carbocycles. The number of amides is 3. The fraction of sp³-hybridized carbons (Fsp3) is 0.517. The summed E-state index contributed by atoms with van der Waals surface area (Å²) in [5, 5.41) is 10.5. The van der Waals surface area contributed by atoms with Crippen molar-refractivity contribution in [1.82, 2.24) is 19.7 Å². The summed E-state index contributed by atoms with van der Waals surface area (Å²) in [6.45, 7) is 7.38. The topological polar surface area (TPSA) is 116 Å². The van der Waals surface area contributed by atoms with E-state index in [4.69, 9.17) is 26.1 Å². The van der Waals surface area contributed by atoms with Gasteiger partial charge in [-0.3, -0.25) is 9.59 Å². The lowest BCUT2D eigenvalue weighted by Gasteiger charge is -2.41. The molecule has 3 fully saturated rings. The molecule has 3 amide bonds. The molecule has 42 heavy (non-hydrogen) atoms. The highest BCUT2D eigenvalue weighted by atomic mass is 35.5. The second-order valence-corrected chi connectivity index (χ2v) is 12.4. The van der Waals surface area contributed by atoms with E-state index < -0.39 is 23.6 Å². The Morgan fingerprint density at radius 3 is 2.60 bits per heavy atom. The highest BCUT2D eigenvalue weighted by molar-refractivity contribution is 6.35. The number of phenols is 1. The zero-order valence-electron chi connectivity index (χ0n) is 23.7. The number of hydrogen-bond donors (Lipinski definition) is 1. The van der Waals surface area contributed by atoms with Gasteiger partial charge < -0.3 is 34.2 Å². The maximum absolute atomic E-state index is 15.1. The van der Waals surface area contributed by atoms with E-state index in [1.807, 2.05) is 9.80 Å². The van der Waals surface area contributed by atoms with Gasteiger partial charge in [-0.25, -0.2) is 14.2 Å². The standard InChI is InChI=1S/C29H33ClFN5O6/c1-29(2,3)42-28(40)34-10-12-36-17(14-34)15-41-25-22(27(36)39)26(33-9-11-35-16(13-33)7-8-20(35)38)32-24(23(25)30)21-18(31)5-4-6-19(21)37/h4-6,16-17,37H,7-15H2,1-3H3/t16?,17-/m1/s1. The van der Waals surface area contributed by atoms with Gasteiger partial charge >= 0.3 is 6.09 Å². The summed E-state index contributed by atoms with van der Waals surface area (Å²) < 4.78 is 26.9. The fourth-order valence-electron chi connectivity index (χ4n) is 6.14. The van der Waals surface area contributed by atoms with Gasteiger partial charge in [0.2, 0.25) is 5.91 Å². The number of rotatable bonds is 2. The Bertz CT molecular complexity index is 1440. The van der Waals surface area contributed by atoms with E-state index in [1.54, 1.807) is 30.6 Å². The van der Waals surface area contributed by atoms with E-state index in [0.29, 0.717) is 32.5 Å². The van der Waals surface area contributed by atoms with Crippen LogP contribution in [0.25, 0.3) is 11.3 Å². The zero-order chi connectivity index (χ0) is 29.9. The molecule has 6 rings (SSSR count). The number of carbonyl (C=O) groups is 3. The number of anilines is 1. The van der Waals surface area contributed by atoms with Crippen molar-refractivity contribution in [2.75, 3.05) is 50.8 Å². The zero-order valence-corrected chi connectivity index (χ0v) is 24.5. The third-order valence-corrected chi connectivity index (χ3v) is 8.48. The Labute approximate surface area is 247 Å². The molecule has 224 valence electrons. The SMILES string of the molecule is CC(C)(C)OC(=O)N1CCN2C(=O)c3c(N4CCN5C(=O)CCC5C4)nc(-c4c(O)cccc4F)c(Cl)c3OC[C@H]2C1. The number of fused-ring (bicyclic) bond motifs is 3. The van der Waals surface area contributed by atoms with Crippen LogP contribution in [0.3, 0.4) is 0 Å². The Morgan fingerprint density at radius 1 is 1.10 bits per heavy atom. The molecule has 1 unspecified atom stereocenters. The highest BCUT2D eigenvalue weighted by Gasteiger charge is 2.43. The molecule has 0 aliphatic carbocycles.